The number of hydrogen-bond donors (Lipinski definition) is 1. The summed E-state index contributed by atoms with van der Waals surface area (Å²) in [6.07, 6.45) is 14.5. The van der Waals surface area contributed by atoms with Crippen LogP contribution < -0.4 is 5.32 Å². The number of rotatable bonds is 6. The van der Waals surface area contributed by atoms with E-state index in [-0.39, 0.29) is 0 Å². The fourth-order valence-electron chi connectivity index (χ4n) is 5.21. The van der Waals surface area contributed by atoms with Crippen molar-refractivity contribution in [2.45, 2.75) is 96.2 Å². The molecule has 122 valence electrons. The zero-order valence-electron chi connectivity index (χ0n) is 14.3. The molecular weight excluding hydrogens is 256 g/mol. The molecule has 1 N–H and O–H groups in total. The van der Waals surface area contributed by atoms with Crippen molar-refractivity contribution in [1.29, 1.82) is 0 Å². The Hall–Kier alpha value is -0.0800. The Balaban J connectivity index is 1.47. The molecule has 2 atom stereocenters. The van der Waals surface area contributed by atoms with E-state index >= 15 is 0 Å². The van der Waals surface area contributed by atoms with E-state index in [1.165, 1.54) is 77.3 Å². The lowest BCUT2D eigenvalue weighted by molar-refractivity contribution is 0.0833. The van der Waals surface area contributed by atoms with Gasteiger partial charge in [-0.25, -0.2) is 0 Å². The van der Waals surface area contributed by atoms with Crippen LogP contribution in [0.4, 0.5) is 0 Å². The zero-order chi connectivity index (χ0) is 14.7. The van der Waals surface area contributed by atoms with Crippen LogP contribution in [0.2, 0.25) is 0 Å². The molecule has 2 heteroatoms. The number of fused-ring (bicyclic) bond motifs is 2. The molecule has 2 aliphatic heterocycles. The molecule has 0 spiro atoms. The Morgan fingerprint density at radius 2 is 1.48 bits per heavy atom. The highest BCUT2D eigenvalue weighted by atomic mass is 15.2. The van der Waals surface area contributed by atoms with Crippen LogP contribution in [0.1, 0.15) is 78.1 Å². The number of nitrogens with zero attached hydrogens (tertiary/aromatic N) is 1. The summed E-state index contributed by atoms with van der Waals surface area (Å²) >= 11 is 0. The van der Waals surface area contributed by atoms with Crippen LogP contribution in [-0.4, -0.2) is 36.1 Å². The van der Waals surface area contributed by atoms with Crippen molar-refractivity contribution in [3.8, 4) is 0 Å². The monoisotopic (exact) mass is 292 g/mol. The predicted octanol–water partition coefficient (Wildman–Crippen LogP) is 4.20. The topological polar surface area (TPSA) is 15.3 Å². The molecule has 2 saturated heterocycles. The van der Waals surface area contributed by atoms with Gasteiger partial charge in [0, 0.05) is 24.7 Å². The van der Waals surface area contributed by atoms with Crippen molar-refractivity contribution >= 4 is 0 Å². The summed E-state index contributed by atoms with van der Waals surface area (Å²) in [7, 11) is 0. The van der Waals surface area contributed by atoms with Crippen molar-refractivity contribution in [1.82, 2.24) is 10.2 Å². The molecule has 0 amide bonds. The van der Waals surface area contributed by atoms with Crippen molar-refractivity contribution < 1.29 is 0 Å². The average Bonchev–Trinajstić information content (AvgIpc) is 2.75. The largest absolute Gasteiger partial charge is 0.314 e. The van der Waals surface area contributed by atoms with Crippen LogP contribution >= 0.6 is 0 Å². The second kappa shape index (κ2) is 7.46. The van der Waals surface area contributed by atoms with Gasteiger partial charge in [0.25, 0.3) is 0 Å². The van der Waals surface area contributed by atoms with E-state index < -0.39 is 0 Å². The van der Waals surface area contributed by atoms with E-state index in [0.717, 1.165) is 30.0 Å². The molecule has 2 unspecified atom stereocenters. The lowest BCUT2D eigenvalue weighted by atomic mass is 9.80. The van der Waals surface area contributed by atoms with Crippen molar-refractivity contribution in [3.05, 3.63) is 0 Å². The molecule has 2 bridgehead atoms. The van der Waals surface area contributed by atoms with Crippen LogP contribution in [0.25, 0.3) is 0 Å². The minimum Gasteiger partial charge on any atom is -0.314 e. The molecule has 0 aromatic heterocycles. The van der Waals surface area contributed by atoms with E-state index in [1.54, 1.807) is 0 Å². The molecule has 2 heterocycles. The van der Waals surface area contributed by atoms with Gasteiger partial charge in [-0.2, -0.15) is 0 Å². The fourth-order valence-corrected chi connectivity index (χ4v) is 5.21. The maximum absolute atomic E-state index is 3.78. The quantitative estimate of drug-likeness (QED) is 0.789. The third-order valence-corrected chi connectivity index (χ3v) is 6.58. The third kappa shape index (κ3) is 3.82. The molecule has 1 aliphatic carbocycles. The summed E-state index contributed by atoms with van der Waals surface area (Å²) in [5.74, 6) is 2.05. The standard InChI is InChI=1S/C19H36N2/c1-3-11-20-17-12-18-9-10-19(13-17)21(18)14-16-7-5-15(4-2)6-8-16/h15-20H,3-14H2,1-2H3. The molecule has 2 nitrogen and oxygen atoms in total. The lowest BCUT2D eigenvalue weighted by Crippen LogP contribution is -2.50. The highest BCUT2D eigenvalue weighted by Crippen LogP contribution is 2.39. The van der Waals surface area contributed by atoms with Gasteiger partial charge in [0.2, 0.25) is 0 Å². The highest BCUT2D eigenvalue weighted by molar-refractivity contribution is 4.98. The highest BCUT2D eigenvalue weighted by Gasteiger charge is 2.41. The maximum Gasteiger partial charge on any atom is 0.0114 e. The molecular formula is C19H36N2. The molecule has 3 rings (SSSR count). The Labute approximate surface area is 132 Å². The Morgan fingerprint density at radius 1 is 0.857 bits per heavy atom. The first-order chi connectivity index (χ1) is 10.3. The summed E-state index contributed by atoms with van der Waals surface area (Å²) < 4.78 is 0. The minimum atomic E-state index is 0.814. The van der Waals surface area contributed by atoms with Crippen molar-refractivity contribution in [2.75, 3.05) is 13.1 Å². The zero-order valence-corrected chi connectivity index (χ0v) is 14.3. The van der Waals surface area contributed by atoms with Crippen LogP contribution in [0, 0.1) is 11.8 Å². The van der Waals surface area contributed by atoms with Crippen molar-refractivity contribution in [3.63, 3.8) is 0 Å². The van der Waals surface area contributed by atoms with E-state index in [0.29, 0.717) is 0 Å². The van der Waals surface area contributed by atoms with Crippen LogP contribution in [-0.2, 0) is 0 Å². The van der Waals surface area contributed by atoms with E-state index in [1.807, 2.05) is 0 Å². The van der Waals surface area contributed by atoms with Crippen molar-refractivity contribution in [2.24, 2.45) is 11.8 Å². The number of hydrogen-bond acceptors (Lipinski definition) is 2. The number of nitrogens with one attached hydrogen (secondary N) is 1. The lowest BCUT2D eigenvalue weighted by Gasteiger charge is -2.42. The molecule has 3 aliphatic rings. The van der Waals surface area contributed by atoms with Gasteiger partial charge in [0.1, 0.15) is 0 Å². The van der Waals surface area contributed by atoms with Gasteiger partial charge in [0.05, 0.1) is 0 Å². The van der Waals surface area contributed by atoms with E-state index in [9.17, 15) is 0 Å². The number of piperidine rings is 1. The normalized spacial score (nSPS) is 40.6. The summed E-state index contributed by atoms with van der Waals surface area (Å²) in [5, 5.41) is 3.78. The Kier molecular flexibility index (Phi) is 5.61. The predicted molar refractivity (Wildman–Crippen MR) is 90.6 cm³/mol. The summed E-state index contributed by atoms with van der Waals surface area (Å²) in [6, 6.07) is 2.62. The maximum atomic E-state index is 3.78. The van der Waals surface area contributed by atoms with Gasteiger partial charge in [0.15, 0.2) is 0 Å². The molecule has 0 aromatic rings. The first-order valence-electron chi connectivity index (χ1n) is 9.79. The van der Waals surface area contributed by atoms with Gasteiger partial charge < -0.3 is 5.32 Å². The smallest absolute Gasteiger partial charge is 0.0114 e. The summed E-state index contributed by atoms with van der Waals surface area (Å²) in [6.45, 7) is 7.29. The fraction of sp³-hybridized carbons (Fsp3) is 1.00. The SMILES string of the molecule is CCCNC1CC2CCC(C1)N2CC1CCC(CC)CC1. The van der Waals surface area contributed by atoms with Gasteiger partial charge in [-0.05, 0) is 63.3 Å². The van der Waals surface area contributed by atoms with Gasteiger partial charge in [-0.1, -0.05) is 33.1 Å². The molecule has 0 radical (unpaired) electrons. The Bertz CT molecular complexity index is 295. The van der Waals surface area contributed by atoms with E-state index in [2.05, 4.69) is 24.1 Å². The first-order valence-corrected chi connectivity index (χ1v) is 9.79. The molecule has 21 heavy (non-hydrogen) atoms. The average molecular weight is 293 g/mol. The summed E-state index contributed by atoms with van der Waals surface area (Å²) in [5.41, 5.74) is 0. The van der Waals surface area contributed by atoms with Gasteiger partial charge >= 0.3 is 0 Å². The molecule has 1 saturated carbocycles. The second-order valence-electron chi connectivity index (χ2n) is 8.00. The molecule has 3 fully saturated rings. The Morgan fingerprint density at radius 3 is 2.05 bits per heavy atom. The third-order valence-electron chi connectivity index (χ3n) is 6.58. The van der Waals surface area contributed by atoms with Crippen LogP contribution in [0.3, 0.4) is 0 Å². The van der Waals surface area contributed by atoms with Crippen LogP contribution in [0.15, 0.2) is 0 Å². The van der Waals surface area contributed by atoms with Gasteiger partial charge in [-0.15, -0.1) is 0 Å². The summed E-state index contributed by atoms with van der Waals surface area (Å²) in [4.78, 5) is 2.93. The first kappa shape index (κ1) is 15.8. The van der Waals surface area contributed by atoms with Gasteiger partial charge in [-0.3, -0.25) is 4.90 Å². The molecule has 0 aromatic carbocycles. The minimum absolute atomic E-state index is 0.814. The van der Waals surface area contributed by atoms with E-state index in [4.69, 9.17) is 0 Å². The second-order valence-corrected chi connectivity index (χ2v) is 8.00. The van der Waals surface area contributed by atoms with Crippen LogP contribution in [0.5, 0.6) is 0 Å².